The van der Waals surface area contributed by atoms with Gasteiger partial charge in [0, 0.05) is 21.1 Å². The second kappa shape index (κ2) is 6.41. The summed E-state index contributed by atoms with van der Waals surface area (Å²) in [7, 11) is 0. The summed E-state index contributed by atoms with van der Waals surface area (Å²) >= 11 is 3.56. The van der Waals surface area contributed by atoms with Gasteiger partial charge in [-0.25, -0.2) is 4.79 Å². The van der Waals surface area contributed by atoms with Crippen LogP contribution in [-0.4, -0.2) is 6.73 Å². The highest BCUT2D eigenvalue weighted by Gasteiger charge is 2.25. The molecule has 0 spiro atoms. The molecule has 0 fully saturated rings. The average molecular weight is 426 g/mol. The van der Waals surface area contributed by atoms with E-state index in [0.29, 0.717) is 18.9 Å². The minimum absolute atomic E-state index is 0.179. The number of hydrogen-bond donors (Lipinski definition) is 0. The summed E-state index contributed by atoms with van der Waals surface area (Å²) < 4.78 is 12.9. The van der Waals surface area contributed by atoms with Crippen LogP contribution in [0.5, 0.6) is 5.75 Å². The van der Waals surface area contributed by atoms with Crippen LogP contribution in [0.3, 0.4) is 0 Å². The zero-order chi connectivity index (χ0) is 18.5. The van der Waals surface area contributed by atoms with Gasteiger partial charge in [-0.3, -0.25) is 0 Å². The Morgan fingerprint density at radius 3 is 2.67 bits per heavy atom. The number of benzene rings is 2. The van der Waals surface area contributed by atoms with E-state index in [1.165, 1.54) is 11.1 Å². The Kier molecular flexibility index (Phi) is 4.01. The van der Waals surface area contributed by atoms with Crippen molar-refractivity contribution in [3.8, 4) is 5.75 Å². The maximum absolute atomic E-state index is 12.6. The molecule has 0 saturated carbocycles. The Bertz CT molecular complexity index is 1120. The molecular weight excluding hydrogens is 406 g/mol. The quantitative estimate of drug-likeness (QED) is 0.508. The van der Waals surface area contributed by atoms with Crippen LogP contribution >= 0.6 is 15.9 Å². The van der Waals surface area contributed by atoms with Crippen molar-refractivity contribution in [1.82, 2.24) is 0 Å². The summed E-state index contributed by atoms with van der Waals surface area (Å²) in [5, 5.41) is 1.07. The Morgan fingerprint density at radius 1 is 1.04 bits per heavy atom. The molecule has 27 heavy (non-hydrogen) atoms. The molecule has 0 N–H and O–H groups in total. The molecule has 0 amide bonds. The second-order valence-electron chi connectivity index (χ2n) is 7.38. The van der Waals surface area contributed by atoms with E-state index in [9.17, 15) is 4.79 Å². The number of halogens is 1. The first-order valence-corrected chi connectivity index (χ1v) is 10.2. The predicted molar refractivity (Wildman–Crippen MR) is 110 cm³/mol. The molecule has 5 heteroatoms. The number of anilines is 1. The van der Waals surface area contributed by atoms with Crippen LogP contribution in [0, 0.1) is 6.92 Å². The van der Waals surface area contributed by atoms with Crippen molar-refractivity contribution in [3.05, 3.63) is 67.5 Å². The number of fused-ring (bicyclic) bond motifs is 5. The molecule has 138 valence electrons. The highest BCUT2D eigenvalue weighted by atomic mass is 79.9. The summed E-state index contributed by atoms with van der Waals surface area (Å²) in [4.78, 5) is 14.7. The van der Waals surface area contributed by atoms with Crippen molar-refractivity contribution < 1.29 is 9.15 Å². The van der Waals surface area contributed by atoms with Crippen LogP contribution in [0.2, 0.25) is 0 Å². The van der Waals surface area contributed by atoms with Crippen molar-refractivity contribution in [3.63, 3.8) is 0 Å². The SMILES string of the molecule is Cc1cc(N2COc3ccc4c5c(c(=O)oc4c3C2)CCCC5)ccc1Br. The zero-order valence-corrected chi connectivity index (χ0v) is 16.8. The number of ether oxygens (including phenoxy) is 1. The van der Waals surface area contributed by atoms with E-state index < -0.39 is 0 Å². The smallest absolute Gasteiger partial charge is 0.339 e. The molecule has 1 aliphatic heterocycles. The topological polar surface area (TPSA) is 42.7 Å². The molecule has 0 unspecified atom stereocenters. The third-order valence-corrected chi connectivity index (χ3v) is 6.57. The molecule has 5 rings (SSSR count). The van der Waals surface area contributed by atoms with Crippen molar-refractivity contribution in [2.75, 3.05) is 11.6 Å². The van der Waals surface area contributed by atoms with Gasteiger partial charge >= 0.3 is 5.63 Å². The monoisotopic (exact) mass is 425 g/mol. The van der Waals surface area contributed by atoms with Gasteiger partial charge in [0.2, 0.25) is 0 Å². The molecule has 0 bridgehead atoms. The number of aryl methyl sites for hydroxylation is 2. The lowest BCUT2D eigenvalue weighted by atomic mass is 9.90. The van der Waals surface area contributed by atoms with E-state index in [1.54, 1.807) is 0 Å². The van der Waals surface area contributed by atoms with Gasteiger partial charge in [-0.2, -0.15) is 0 Å². The van der Waals surface area contributed by atoms with E-state index >= 15 is 0 Å². The molecule has 3 aromatic rings. The lowest BCUT2D eigenvalue weighted by molar-refractivity contribution is 0.289. The number of rotatable bonds is 1. The third-order valence-electron chi connectivity index (χ3n) is 5.68. The summed E-state index contributed by atoms with van der Waals surface area (Å²) in [5.41, 5.74) is 5.79. The summed E-state index contributed by atoms with van der Waals surface area (Å²) in [6.07, 6.45) is 3.97. The molecule has 0 atom stereocenters. The van der Waals surface area contributed by atoms with Gasteiger partial charge in [0.15, 0.2) is 6.73 Å². The number of hydrogen-bond acceptors (Lipinski definition) is 4. The van der Waals surface area contributed by atoms with Crippen LogP contribution in [0.1, 0.15) is 35.1 Å². The Morgan fingerprint density at radius 2 is 1.85 bits per heavy atom. The maximum Gasteiger partial charge on any atom is 0.339 e. The van der Waals surface area contributed by atoms with Gasteiger partial charge in [-0.1, -0.05) is 15.9 Å². The number of nitrogens with zero attached hydrogens (tertiary/aromatic N) is 1. The van der Waals surface area contributed by atoms with Crippen molar-refractivity contribution >= 4 is 32.6 Å². The average Bonchev–Trinajstić information content (AvgIpc) is 2.70. The maximum atomic E-state index is 12.6. The molecule has 2 heterocycles. The molecule has 2 aromatic carbocycles. The van der Waals surface area contributed by atoms with Crippen LogP contribution in [0.25, 0.3) is 11.0 Å². The van der Waals surface area contributed by atoms with Gasteiger partial charge in [0.1, 0.15) is 11.3 Å². The first-order chi connectivity index (χ1) is 13.1. The van der Waals surface area contributed by atoms with Crippen LogP contribution < -0.4 is 15.3 Å². The van der Waals surface area contributed by atoms with Crippen molar-refractivity contribution in [2.45, 2.75) is 39.2 Å². The van der Waals surface area contributed by atoms with Crippen LogP contribution in [-0.2, 0) is 19.4 Å². The molecule has 0 radical (unpaired) electrons. The fraction of sp³-hybridized carbons (Fsp3) is 0.318. The normalized spacial score (nSPS) is 16.0. The Hall–Kier alpha value is -2.27. The fourth-order valence-corrected chi connectivity index (χ4v) is 4.45. The van der Waals surface area contributed by atoms with Gasteiger partial charge < -0.3 is 14.1 Å². The van der Waals surface area contributed by atoms with Gasteiger partial charge in [-0.15, -0.1) is 0 Å². The second-order valence-corrected chi connectivity index (χ2v) is 8.23. The minimum Gasteiger partial charge on any atom is -0.473 e. The predicted octanol–water partition coefficient (Wildman–Crippen LogP) is 5.10. The van der Waals surface area contributed by atoms with Gasteiger partial charge in [-0.05, 0) is 74.1 Å². The summed E-state index contributed by atoms with van der Waals surface area (Å²) in [5.74, 6) is 0.812. The van der Waals surface area contributed by atoms with Crippen molar-refractivity contribution in [2.24, 2.45) is 0 Å². The molecule has 1 aliphatic carbocycles. The first-order valence-electron chi connectivity index (χ1n) is 9.36. The minimum atomic E-state index is -0.179. The van der Waals surface area contributed by atoms with E-state index in [0.717, 1.165) is 58.1 Å². The van der Waals surface area contributed by atoms with Crippen LogP contribution in [0.15, 0.2) is 44.0 Å². The summed E-state index contributed by atoms with van der Waals surface area (Å²) in [6.45, 7) is 3.22. The highest BCUT2D eigenvalue weighted by molar-refractivity contribution is 9.10. The van der Waals surface area contributed by atoms with E-state index in [2.05, 4.69) is 52.0 Å². The Balaban J connectivity index is 1.63. The standard InChI is InChI=1S/C22H20BrNO3/c1-13-10-14(6-8-19(13)23)24-11-18-20(26-12-24)9-7-16-15-4-2-3-5-17(15)22(25)27-21(16)18/h6-10H,2-5,11-12H2,1H3. The Labute approximate surface area is 165 Å². The molecule has 2 aliphatic rings. The molecular formula is C22H20BrNO3. The van der Waals surface area contributed by atoms with E-state index in [-0.39, 0.29) is 5.63 Å². The largest absolute Gasteiger partial charge is 0.473 e. The van der Waals surface area contributed by atoms with E-state index in [1.807, 2.05) is 6.07 Å². The van der Waals surface area contributed by atoms with Gasteiger partial charge in [0.25, 0.3) is 0 Å². The molecule has 0 saturated heterocycles. The lowest BCUT2D eigenvalue weighted by Crippen LogP contribution is -2.32. The van der Waals surface area contributed by atoms with E-state index in [4.69, 9.17) is 9.15 Å². The first kappa shape index (κ1) is 16.9. The fourth-order valence-electron chi connectivity index (χ4n) is 4.21. The zero-order valence-electron chi connectivity index (χ0n) is 15.2. The highest BCUT2D eigenvalue weighted by Crippen LogP contribution is 2.37. The van der Waals surface area contributed by atoms with Crippen molar-refractivity contribution in [1.29, 1.82) is 0 Å². The third kappa shape index (κ3) is 2.76. The van der Waals surface area contributed by atoms with Gasteiger partial charge in [0.05, 0.1) is 12.1 Å². The summed E-state index contributed by atoms with van der Waals surface area (Å²) in [6, 6.07) is 10.4. The molecule has 4 nitrogen and oxygen atoms in total. The lowest BCUT2D eigenvalue weighted by Gasteiger charge is -2.31. The molecule has 1 aromatic heterocycles. The van der Waals surface area contributed by atoms with Crippen LogP contribution in [0.4, 0.5) is 5.69 Å².